The molecule has 0 aliphatic rings. The predicted molar refractivity (Wildman–Crippen MR) is 83.9 cm³/mol. The van der Waals surface area contributed by atoms with Crippen molar-refractivity contribution in [3.63, 3.8) is 0 Å². The summed E-state index contributed by atoms with van der Waals surface area (Å²) in [6.45, 7) is 4.03. The van der Waals surface area contributed by atoms with Crippen LogP contribution < -0.4 is 11.1 Å². The highest BCUT2D eigenvalue weighted by atomic mass is 16.2. The summed E-state index contributed by atoms with van der Waals surface area (Å²) in [7, 11) is 1.71. The van der Waals surface area contributed by atoms with Crippen LogP contribution in [0.25, 0.3) is 0 Å². The highest BCUT2D eigenvalue weighted by Gasteiger charge is 2.24. The topological polar surface area (TPSA) is 72.9 Å². The minimum absolute atomic E-state index is 0.189. The quantitative estimate of drug-likeness (QED) is 0.884. The van der Waals surface area contributed by atoms with Crippen LogP contribution in [0.5, 0.6) is 0 Å². The maximum Gasteiger partial charge on any atom is 0.272 e. The minimum Gasteiger partial charge on any atom is -0.396 e. The van der Waals surface area contributed by atoms with E-state index in [1.165, 1.54) is 16.4 Å². The molecule has 2 aromatic rings. The Morgan fingerprint density at radius 2 is 2.00 bits per heavy atom. The molecule has 1 heterocycles. The van der Waals surface area contributed by atoms with E-state index >= 15 is 0 Å². The summed E-state index contributed by atoms with van der Waals surface area (Å²) in [5, 5.41) is 7.02. The first kappa shape index (κ1) is 15.1. The predicted octanol–water partition coefficient (Wildman–Crippen LogP) is 2.14. The normalized spacial score (nSPS) is 11.4. The lowest BCUT2D eigenvalue weighted by Gasteiger charge is -2.26. The van der Waals surface area contributed by atoms with E-state index in [1.54, 1.807) is 7.05 Å². The molecule has 0 saturated carbocycles. The standard InChI is InChI=1S/C16H22N4O/c1-16(2,10-9-12-7-5-4-6-8-12)19-15(21)14-13(17)11-18-20(14)3/h4-8,11H,9-10,17H2,1-3H3,(H,19,21). The van der Waals surface area contributed by atoms with Crippen LogP contribution in [0.4, 0.5) is 5.69 Å². The molecule has 0 fully saturated rings. The molecule has 0 spiro atoms. The van der Waals surface area contributed by atoms with Gasteiger partial charge in [0.2, 0.25) is 0 Å². The summed E-state index contributed by atoms with van der Waals surface area (Å²) < 4.78 is 1.50. The number of anilines is 1. The lowest BCUT2D eigenvalue weighted by molar-refractivity contribution is 0.0900. The summed E-state index contributed by atoms with van der Waals surface area (Å²) >= 11 is 0. The van der Waals surface area contributed by atoms with Crippen molar-refractivity contribution in [2.45, 2.75) is 32.2 Å². The van der Waals surface area contributed by atoms with Crippen molar-refractivity contribution in [3.05, 3.63) is 47.8 Å². The number of amides is 1. The number of rotatable bonds is 5. The van der Waals surface area contributed by atoms with Gasteiger partial charge in [-0.15, -0.1) is 0 Å². The number of carbonyl (C=O) groups excluding carboxylic acids is 1. The number of carbonyl (C=O) groups is 1. The fraction of sp³-hybridized carbons (Fsp3) is 0.375. The first-order valence-electron chi connectivity index (χ1n) is 7.03. The number of aromatic nitrogens is 2. The first-order valence-corrected chi connectivity index (χ1v) is 7.03. The van der Waals surface area contributed by atoms with Gasteiger partial charge in [0.15, 0.2) is 0 Å². The summed E-state index contributed by atoms with van der Waals surface area (Å²) in [5.74, 6) is -0.189. The Balaban J connectivity index is 1.99. The van der Waals surface area contributed by atoms with E-state index in [0.717, 1.165) is 12.8 Å². The molecule has 0 aliphatic carbocycles. The van der Waals surface area contributed by atoms with Gasteiger partial charge >= 0.3 is 0 Å². The van der Waals surface area contributed by atoms with Gasteiger partial charge in [0, 0.05) is 12.6 Å². The molecule has 21 heavy (non-hydrogen) atoms. The molecule has 1 amide bonds. The molecular formula is C16H22N4O. The highest BCUT2D eigenvalue weighted by Crippen LogP contribution is 2.16. The van der Waals surface area contributed by atoms with Crippen LogP contribution in [0, 0.1) is 0 Å². The minimum atomic E-state index is -0.316. The second kappa shape index (κ2) is 5.99. The molecule has 0 bridgehead atoms. The van der Waals surface area contributed by atoms with E-state index in [1.807, 2.05) is 32.0 Å². The van der Waals surface area contributed by atoms with Gasteiger partial charge in [0.25, 0.3) is 5.91 Å². The van der Waals surface area contributed by atoms with E-state index in [-0.39, 0.29) is 11.4 Å². The maximum absolute atomic E-state index is 12.3. The molecule has 112 valence electrons. The molecule has 1 aromatic carbocycles. The summed E-state index contributed by atoms with van der Waals surface area (Å²) in [5.41, 5.74) is 7.53. The van der Waals surface area contributed by atoms with Gasteiger partial charge in [0.1, 0.15) is 5.69 Å². The second-order valence-electron chi connectivity index (χ2n) is 5.90. The largest absolute Gasteiger partial charge is 0.396 e. The van der Waals surface area contributed by atoms with Crippen LogP contribution >= 0.6 is 0 Å². The zero-order valence-electron chi connectivity index (χ0n) is 12.8. The van der Waals surface area contributed by atoms with Gasteiger partial charge in [-0.1, -0.05) is 30.3 Å². The number of benzene rings is 1. The molecule has 0 unspecified atom stereocenters. The number of hydrogen-bond donors (Lipinski definition) is 2. The molecule has 0 aliphatic heterocycles. The number of nitrogen functional groups attached to an aromatic ring is 1. The van der Waals surface area contributed by atoms with Crippen molar-refractivity contribution < 1.29 is 4.79 Å². The molecule has 0 atom stereocenters. The van der Waals surface area contributed by atoms with E-state index in [2.05, 4.69) is 22.5 Å². The Morgan fingerprint density at radius 3 is 2.57 bits per heavy atom. The number of aryl methyl sites for hydroxylation is 2. The Labute approximate surface area is 125 Å². The molecule has 2 rings (SSSR count). The number of nitrogens with zero attached hydrogens (tertiary/aromatic N) is 2. The Hall–Kier alpha value is -2.30. The first-order chi connectivity index (χ1) is 9.89. The van der Waals surface area contributed by atoms with Gasteiger partial charge in [-0.2, -0.15) is 5.10 Å². The number of nitrogens with two attached hydrogens (primary N) is 1. The molecule has 5 heteroatoms. The molecule has 1 aromatic heterocycles. The Morgan fingerprint density at radius 1 is 1.33 bits per heavy atom. The van der Waals surface area contributed by atoms with Crippen LogP contribution in [-0.2, 0) is 13.5 Å². The summed E-state index contributed by atoms with van der Waals surface area (Å²) in [6, 6.07) is 10.2. The number of hydrogen-bond acceptors (Lipinski definition) is 3. The Kier molecular flexibility index (Phi) is 4.31. The van der Waals surface area contributed by atoms with Crippen molar-refractivity contribution in [1.29, 1.82) is 0 Å². The van der Waals surface area contributed by atoms with Crippen LogP contribution in [0.3, 0.4) is 0 Å². The van der Waals surface area contributed by atoms with E-state index in [9.17, 15) is 4.79 Å². The van der Waals surface area contributed by atoms with Crippen molar-refractivity contribution >= 4 is 11.6 Å². The average Bonchev–Trinajstić information content (AvgIpc) is 2.77. The number of nitrogens with one attached hydrogen (secondary N) is 1. The van der Waals surface area contributed by atoms with Crippen LogP contribution in [-0.4, -0.2) is 21.2 Å². The molecule has 0 saturated heterocycles. The third-order valence-corrected chi connectivity index (χ3v) is 3.52. The monoisotopic (exact) mass is 286 g/mol. The van der Waals surface area contributed by atoms with Crippen molar-refractivity contribution in [2.75, 3.05) is 5.73 Å². The van der Waals surface area contributed by atoms with Crippen LogP contribution in [0.2, 0.25) is 0 Å². The lowest BCUT2D eigenvalue weighted by atomic mass is 9.95. The Bertz CT molecular complexity index is 597. The van der Waals surface area contributed by atoms with Gasteiger partial charge in [0.05, 0.1) is 11.9 Å². The SMILES string of the molecule is Cn1ncc(N)c1C(=O)NC(C)(C)CCc1ccccc1. The second-order valence-corrected chi connectivity index (χ2v) is 5.90. The third-order valence-electron chi connectivity index (χ3n) is 3.52. The van der Waals surface area contributed by atoms with Gasteiger partial charge in [-0.05, 0) is 32.3 Å². The average molecular weight is 286 g/mol. The van der Waals surface area contributed by atoms with Gasteiger partial charge < -0.3 is 11.1 Å². The maximum atomic E-state index is 12.3. The fourth-order valence-corrected chi connectivity index (χ4v) is 2.26. The van der Waals surface area contributed by atoms with Crippen LogP contribution in [0.1, 0.15) is 36.3 Å². The molecular weight excluding hydrogens is 264 g/mol. The van der Waals surface area contributed by atoms with Gasteiger partial charge in [-0.25, -0.2) is 0 Å². The zero-order chi connectivity index (χ0) is 15.5. The smallest absolute Gasteiger partial charge is 0.272 e. The van der Waals surface area contributed by atoms with E-state index < -0.39 is 0 Å². The molecule has 0 radical (unpaired) electrons. The molecule has 3 N–H and O–H groups in total. The van der Waals surface area contributed by atoms with Gasteiger partial charge in [-0.3, -0.25) is 9.48 Å². The van der Waals surface area contributed by atoms with E-state index in [4.69, 9.17) is 5.73 Å². The third kappa shape index (κ3) is 3.84. The van der Waals surface area contributed by atoms with E-state index in [0.29, 0.717) is 11.4 Å². The summed E-state index contributed by atoms with van der Waals surface area (Å²) in [4.78, 5) is 12.3. The zero-order valence-corrected chi connectivity index (χ0v) is 12.8. The van der Waals surface area contributed by atoms with Crippen LogP contribution in [0.15, 0.2) is 36.5 Å². The highest BCUT2D eigenvalue weighted by molar-refractivity contribution is 5.97. The van der Waals surface area contributed by atoms with Crippen molar-refractivity contribution in [3.8, 4) is 0 Å². The van der Waals surface area contributed by atoms with Crippen molar-refractivity contribution in [2.24, 2.45) is 7.05 Å². The summed E-state index contributed by atoms with van der Waals surface area (Å²) in [6.07, 6.45) is 3.25. The fourth-order valence-electron chi connectivity index (χ4n) is 2.26. The van der Waals surface area contributed by atoms with Crippen molar-refractivity contribution in [1.82, 2.24) is 15.1 Å². The lowest BCUT2D eigenvalue weighted by Crippen LogP contribution is -2.44. The molecule has 5 nitrogen and oxygen atoms in total.